The summed E-state index contributed by atoms with van der Waals surface area (Å²) < 4.78 is 0. The highest BCUT2D eigenvalue weighted by molar-refractivity contribution is 6.30. The fourth-order valence-electron chi connectivity index (χ4n) is 4.19. The van der Waals surface area contributed by atoms with E-state index >= 15 is 0 Å². The van der Waals surface area contributed by atoms with E-state index in [1.165, 1.54) is 0 Å². The number of hydrogen-bond acceptors (Lipinski definition) is 3. The Kier molecular flexibility index (Phi) is 6.35. The molecule has 5 nitrogen and oxygen atoms in total. The van der Waals surface area contributed by atoms with Crippen molar-refractivity contribution >= 4 is 35.9 Å². The first-order valence-corrected chi connectivity index (χ1v) is 8.79. The lowest BCUT2D eigenvalue weighted by Gasteiger charge is -2.23. The third-order valence-electron chi connectivity index (χ3n) is 5.48. The summed E-state index contributed by atoms with van der Waals surface area (Å²) in [5, 5.41) is 13.2. The summed E-state index contributed by atoms with van der Waals surface area (Å²) in [7, 11) is 0. The summed E-state index contributed by atoms with van der Waals surface area (Å²) in [5.74, 6) is -0.600. The molecule has 0 radical (unpaired) electrons. The van der Waals surface area contributed by atoms with E-state index in [9.17, 15) is 14.7 Å². The van der Waals surface area contributed by atoms with Crippen molar-refractivity contribution in [3.05, 3.63) is 34.9 Å². The first-order valence-electron chi connectivity index (χ1n) is 8.41. The van der Waals surface area contributed by atoms with Crippen molar-refractivity contribution in [1.29, 1.82) is 0 Å². The first-order chi connectivity index (χ1) is 11.4. The molecule has 138 valence electrons. The van der Waals surface area contributed by atoms with Crippen LogP contribution in [0.25, 0.3) is 0 Å². The number of carbonyl (C=O) groups excluding carboxylic acids is 1. The van der Waals surface area contributed by atoms with E-state index in [-0.39, 0.29) is 36.8 Å². The molecular weight excluding hydrogens is 363 g/mol. The van der Waals surface area contributed by atoms with Crippen molar-refractivity contribution in [2.24, 2.45) is 11.3 Å². The molecule has 1 saturated carbocycles. The zero-order chi connectivity index (χ0) is 17.3. The van der Waals surface area contributed by atoms with Crippen LogP contribution in [0.5, 0.6) is 0 Å². The van der Waals surface area contributed by atoms with E-state index < -0.39 is 11.4 Å². The molecule has 0 aromatic heterocycles. The highest BCUT2D eigenvalue weighted by Gasteiger charge is 2.54. The lowest BCUT2D eigenvalue weighted by atomic mass is 9.81. The van der Waals surface area contributed by atoms with Gasteiger partial charge in [0.1, 0.15) is 0 Å². The number of benzene rings is 1. The zero-order valence-electron chi connectivity index (χ0n) is 14.2. The Bertz CT molecular complexity index is 638. The maximum absolute atomic E-state index is 12.3. The maximum Gasteiger partial charge on any atom is 0.311 e. The lowest BCUT2D eigenvalue weighted by Crippen LogP contribution is -2.40. The summed E-state index contributed by atoms with van der Waals surface area (Å²) in [6.45, 7) is 3.37. The number of aliphatic carboxylic acids is 1. The molecule has 3 atom stereocenters. The van der Waals surface area contributed by atoms with Gasteiger partial charge in [-0.05, 0) is 43.4 Å². The number of rotatable bonds is 5. The van der Waals surface area contributed by atoms with Crippen molar-refractivity contribution in [2.45, 2.75) is 32.2 Å². The number of likely N-dealkylation sites (tertiary alicyclic amines) is 1. The van der Waals surface area contributed by atoms with Crippen LogP contribution in [0.15, 0.2) is 24.3 Å². The van der Waals surface area contributed by atoms with Crippen molar-refractivity contribution in [3.8, 4) is 0 Å². The highest BCUT2D eigenvalue weighted by atomic mass is 35.5. The summed E-state index contributed by atoms with van der Waals surface area (Å²) in [5.41, 5.74) is 0.357. The molecule has 1 aromatic carbocycles. The summed E-state index contributed by atoms with van der Waals surface area (Å²) in [6, 6.07) is 7.29. The molecule has 0 spiro atoms. The fourth-order valence-corrected chi connectivity index (χ4v) is 4.31. The van der Waals surface area contributed by atoms with Crippen molar-refractivity contribution in [2.75, 3.05) is 19.6 Å². The average molecular weight is 387 g/mol. The molecule has 1 aliphatic carbocycles. The molecule has 0 bridgehead atoms. The monoisotopic (exact) mass is 386 g/mol. The van der Waals surface area contributed by atoms with Crippen LogP contribution >= 0.6 is 24.0 Å². The molecule has 1 saturated heterocycles. The Hall–Kier alpha value is -1.30. The van der Waals surface area contributed by atoms with Gasteiger partial charge < -0.3 is 10.4 Å². The summed E-state index contributed by atoms with van der Waals surface area (Å²) in [4.78, 5) is 26.0. The van der Waals surface area contributed by atoms with Gasteiger partial charge in [-0.1, -0.05) is 30.2 Å². The van der Waals surface area contributed by atoms with Gasteiger partial charge in [0, 0.05) is 18.1 Å². The van der Waals surface area contributed by atoms with Crippen LogP contribution in [0.3, 0.4) is 0 Å². The van der Waals surface area contributed by atoms with Crippen LogP contribution < -0.4 is 5.32 Å². The van der Waals surface area contributed by atoms with Crippen LogP contribution in [0.4, 0.5) is 0 Å². The minimum atomic E-state index is -0.706. The minimum absolute atomic E-state index is 0. The van der Waals surface area contributed by atoms with E-state index in [2.05, 4.69) is 5.32 Å². The molecule has 1 heterocycles. The van der Waals surface area contributed by atoms with Crippen LogP contribution in [0, 0.1) is 11.3 Å². The second-order valence-corrected chi connectivity index (χ2v) is 7.50. The average Bonchev–Trinajstić information content (AvgIpc) is 3.05. The Morgan fingerprint density at radius 2 is 2.08 bits per heavy atom. The van der Waals surface area contributed by atoms with Gasteiger partial charge in [0.15, 0.2) is 0 Å². The van der Waals surface area contributed by atoms with E-state index in [1.807, 2.05) is 24.0 Å². The Morgan fingerprint density at radius 3 is 2.68 bits per heavy atom. The first kappa shape index (κ1) is 20.0. The number of carboxylic acid groups (broad SMARTS) is 1. The second-order valence-electron chi connectivity index (χ2n) is 7.06. The zero-order valence-corrected chi connectivity index (χ0v) is 15.8. The van der Waals surface area contributed by atoms with Gasteiger partial charge in [-0.2, -0.15) is 0 Å². The molecule has 1 amide bonds. The van der Waals surface area contributed by atoms with Gasteiger partial charge in [0.05, 0.1) is 18.0 Å². The predicted molar refractivity (Wildman–Crippen MR) is 99.1 cm³/mol. The number of carboxylic acids is 1. The smallest absolute Gasteiger partial charge is 0.311 e. The van der Waals surface area contributed by atoms with Crippen LogP contribution in [-0.4, -0.2) is 41.5 Å². The van der Waals surface area contributed by atoms with E-state index in [0.717, 1.165) is 24.8 Å². The van der Waals surface area contributed by atoms with Crippen molar-refractivity contribution in [3.63, 3.8) is 0 Å². The van der Waals surface area contributed by atoms with Gasteiger partial charge in [0.2, 0.25) is 5.91 Å². The van der Waals surface area contributed by atoms with E-state index in [4.69, 9.17) is 11.6 Å². The molecule has 1 aromatic rings. The Morgan fingerprint density at radius 1 is 1.40 bits per heavy atom. The van der Waals surface area contributed by atoms with Crippen LogP contribution in [-0.2, 0) is 9.59 Å². The van der Waals surface area contributed by atoms with Gasteiger partial charge in [-0.15, -0.1) is 12.4 Å². The topological polar surface area (TPSA) is 69.6 Å². The molecule has 1 unspecified atom stereocenters. The largest absolute Gasteiger partial charge is 0.481 e. The van der Waals surface area contributed by atoms with Crippen LogP contribution in [0.1, 0.15) is 37.8 Å². The number of halogens is 2. The minimum Gasteiger partial charge on any atom is -0.481 e. The number of hydrogen-bond donors (Lipinski definition) is 2. The van der Waals surface area contributed by atoms with Gasteiger partial charge >= 0.3 is 5.97 Å². The number of amides is 1. The molecule has 25 heavy (non-hydrogen) atoms. The maximum atomic E-state index is 12.3. The molecule has 3 rings (SSSR count). The van der Waals surface area contributed by atoms with Crippen molar-refractivity contribution < 1.29 is 14.7 Å². The number of fused-ring (bicyclic) bond motifs is 1. The lowest BCUT2D eigenvalue weighted by molar-refractivity contribution is -0.149. The van der Waals surface area contributed by atoms with Gasteiger partial charge in [-0.25, -0.2) is 0 Å². The second kappa shape index (κ2) is 7.94. The molecule has 7 heteroatoms. The quantitative estimate of drug-likeness (QED) is 0.815. The molecule has 1 aliphatic heterocycles. The molecule has 2 fully saturated rings. The predicted octanol–water partition coefficient (Wildman–Crippen LogP) is 3.13. The molecule has 2 N–H and O–H groups in total. The van der Waals surface area contributed by atoms with Gasteiger partial charge in [-0.3, -0.25) is 14.5 Å². The number of nitrogens with zero attached hydrogens (tertiary/aromatic N) is 1. The third-order valence-corrected chi connectivity index (χ3v) is 5.73. The summed E-state index contributed by atoms with van der Waals surface area (Å²) in [6.07, 6.45) is 2.66. The van der Waals surface area contributed by atoms with E-state index in [0.29, 0.717) is 18.1 Å². The normalized spacial score (nSPS) is 26.6. The summed E-state index contributed by atoms with van der Waals surface area (Å²) >= 11 is 5.88. The molecular formula is C18H24Cl2N2O3. The van der Waals surface area contributed by atoms with Gasteiger partial charge in [0.25, 0.3) is 0 Å². The number of carbonyl (C=O) groups is 2. The third kappa shape index (κ3) is 4.10. The highest BCUT2D eigenvalue weighted by Crippen LogP contribution is 2.48. The molecule has 2 aliphatic rings. The van der Waals surface area contributed by atoms with Crippen LogP contribution in [0.2, 0.25) is 5.02 Å². The standard InChI is InChI=1S/C18H23ClN2O3.ClH/c1-12(13-4-6-15(19)7-5-13)20-16(22)10-21-9-14-3-2-8-18(14,11-21)17(23)24;/h4-7,12,14H,2-3,8-11H2,1H3,(H,20,22)(H,23,24);1H/t12?,14-,18+;/m0./s1. The number of nitrogens with one attached hydrogen (secondary N) is 1. The SMILES string of the molecule is CC(NC(=O)CN1C[C@@H]2CCC[C@@]2(C(=O)O)C1)c1ccc(Cl)cc1.Cl. The Balaban J connectivity index is 0.00000225. The Labute approximate surface area is 159 Å². The fraction of sp³-hybridized carbons (Fsp3) is 0.556. The van der Waals surface area contributed by atoms with Crippen molar-refractivity contribution in [1.82, 2.24) is 10.2 Å². The van der Waals surface area contributed by atoms with E-state index in [1.54, 1.807) is 12.1 Å².